The molecule has 2 aliphatic rings. The molecule has 0 spiro atoms. The van der Waals surface area contributed by atoms with Gasteiger partial charge in [-0.2, -0.15) is 0 Å². The number of hydrogen-bond acceptors (Lipinski definition) is 5. The van der Waals surface area contributed by atoms with Crippen molar-refractivity contribution in [1.29, 1.82) is 0 Å². The molecule has 0 saturated carbocycles. The molecule has 0 unspecified atom stereocenters. The van der Waals surface area contributed by atoms with Gasteiger partial charge in [0.15, 0.2) is 17.3 Å². The van der Waals surface area contributed by atoms with Crippen molar-refractivity contribution in [2.24, 2.45) is 0 Å². The molecule has 0 atom stereocenters. The molecule has 1 saturated heterocycles. The minimum atomic E-state index is -0.129. The van der Waals surface area contributed by atoms with Crippen LogP contribution >= 0.6 is 0 Å². The molecule has 0 aromatic heterocycles. The highest BCUT2D eigenvalue weighted by Crippen LogP contribution is 2.33. The van der Waals surface area contributed by atoms with E-state index in [9.17, 15) is 9.59 Å². The fraction of sp³-hybridized carbons (Fsp3) is 0.231. The molecular weight excluding hydrogens is 404 g/mol. The molecular formula is C26H24N2O4. The summed E-state index contributed by atoms with van der Waals surface area (Å²) in [6, 6.07) is 22.2. The van der Waals surface area contributed by atoms with Crippen LogP contribution in [0.5, 0.6) is 11.5 Å². The van der Waals surface area contributed by atoms with Crippen molar-refractivity contribution in [3.8, 4) is 11.5 Å². The number of hydrogen-bond donors (Lipinski definition) is 0. The predicted octanol–water partition coefficient (Wildman–Crippen LogP) is 3.60. The Morgan fingerprint density at radius 2 is 1.44 bits per heavy atom. The summed E-state index contributed by atoms with van der Waals surface area (Å²) in [5.74, 6) is 1.35. The summed E-state index contributed by atoms with van der Waals surface area (Å²) >= 11 is 0. The molecule has 162 valence electrons. The van der Waals surface area contributed by atoms with E-state index in [2.05, 4.69) is 11.0 Å². The smallest absolute Gasteiger partial charge is 0.254 e. The van der Waals surface area contributed by atoms with Gasteiger partial charge in [-0.25, -0.2) is 0 Å². The molecule has 2 aliphatic heterocycles. The third kappa shape index (κ3) is 4.09. The number of carbonyl (C=O) groups excluding carboxylic acids is 2. The Morgan fingerprint density at radius 3 is 2.22 bits per heavy atom. The molecule has 1 fully saturated rings. The zero-order chi connectivity index (χ0) is 21.9. The maximum atomic E-state index is 13.3. The minimum Gasteiger partial charge on any atom is -0.454 e. The predicted molar refractivity (Wildman–Crippen MR) is 120 cm³/mol. The first-order valence-corrected chi connectivity index (χ1v) is 10.8. The molecule has 6 nitrogen and oxygen atoms in total. The molecule has 0 radical (unpaired) electrons. The quantitative estimate of drug-likeness (QED) is 0.581. The number of ether oxygens (including phenoxy) is 2. The van der Waals surface area contributed by atoms with Gasteiger partial charge in [0.05, 0.1) is 5.56 Å². The topological polar surface area (TPSA) is 59.1 Å². The lowest BCUT2D eigenvalue weighted by molar-refractivity contribution is 0.0625. The van der Waals surface area contributed by atoms with Gasteiger partial charge in [-0.05, 0) is 23.8 Å². The van der Waals surface area contributed by atoms with E-state index in [1.54, 1.807) is 30.3 Å². The minimum absolute atomic E-state index is 0.0902. The summed E-state index contributed by atoms with van der Waals surface area (Å²) in [5, 5.41) is 0. The summed E-state index contributed by atoms with van der Waals surface area (Å²) in [4.78, 5) is 30.4. The van der Waals surface area contributed by atoms with E-state index in [0.717, 1.165) is 36.7 Å². The van der Waals surface area contributed by atoms with Crippen LogP contribution < -0.4 is 9.47 Å². The number of amides is 1. The van der Waals surface area contributed by atoms with Gasteiger partial charge < -0.3 is 14.4 Å². The van der Waals surface area contributed by atoms with Crippen LogP contribution in [0.3, 0.4) is 0 Å². The first-order valence-electron chi connectivity index (χ1n) is 10.8. The molecule has 0 aliphatic carbocycles. The van der Waals surface area contributed by atoms with Crippen LogP contribution in [0.25, 0.3) is 0 Å². The van der Waals surface area contributed by atoms with Crippen molar-refractivity contribution in [1.82, 2.24) is 9.80 Å². The first-order chi connectivity index (χ1) is 15.7. The van der Waals surface area contributed by atoms with Crippen molar-refractivity contribution in [2.75, 3.05) is 33.0 Å². The van der Waals surface area contributed by atoms with Crippen molar-refractivity contribution >= 4 is 11.7 Å². The number of nitrogens with zero attached hydrogens (tertiary/aromatic N) is 2. The van der Waals surface area contributed by atoms with Crippen LogP contribution in [0.15, 0.2) is 72.8 Å². The Bertz CT molecular complexity index is 1140. The van der Waals surface area contributed by atoms with E-state index in [1.807, 2.05) is 41.3 Å². The number of piperazine rings is 1. The Balaban J connectivity index is 1.25. The Labute approximate surface area is 187 Å². The van der Waals surface area contributed by atoms with Crippen LogP contribution in [0.2, 0.25) is 0 Å². The van der Waals surface area contributed by atoms with E-state index >= 15 is 0 Å². The third-order valence-electron chi connectivity index (χ3n) is 5.94. The van der Waals surface area contributed by atoms with Crippen molar-refractivity contribution in [3.05, 3.63) is 95.1 Å². The second-order valence-corrected chi connectivity index (χ2v) is 8.00. The Kier molecular flexibility index (Phi) is 5.60. The summed E-state index contributed by atoms with van der Waals surface area (Å²) in [7, 11) is 0. The van der Waals surface area contributed by atoms with E-state index in [0.29, 0.717) is 29.8 Å². The van der Waals surface area contributed by atoms with Gasteiger partial charge in [0.1, 0.15) is 0 Å². The standard InChI is InChI=1S/C26H24N2O4/c29-25(20-6-2-1-3-7-20)21-8-4-5-9-22(21)26(30)28-14-12-27(13-15-28)17-19-10-11-23-24(16-19)32-18-31-23/h1-11,16H,12-15,17-18H2. The second kappa shape index (κ2) is 8.85. The maximum absolute atomic E-state index is 13.3. The maximum Gasteiger partial charge on any atom is 0.254 e. The average molecular weight is 428 g/mol. The van der Waals surface area contributed by atoms with E-state index in [4.69, 9.17) is 9.47 Å². The lowest BCUT2D eigenvalue weighted by Crippen LogP contribution is -2.48. The van der Waals surface area contributed by atoms with Gasteiger partial charge in [-0.3, -0.25) is 14.5 Å². The summed E-state index contributed by atoms with van der Waals surface area (Å²) in [6.45, 7) is 3.86. The number of carbonyl (C=O) groups is 2. The molecule has 0 N–H and O–H groups in total. The number of rotatable bonds is 5. The first kappa shape index (κ1) is 20.3. The SMILES string of the molecule is O=C(c1ccccc1)c1ccccc1C(=O)N1CCN(Cc2ccc3c(c2)OCO3)CC1. The highest BCUT2D eigenvalue weighted by Gasteiger charge is 2.26. The second-order valence-electron chi connectivity index (χ2n) is 8.00. The van der Waals surface area contributed by atoms with Crippen LogP contribution in [-0.4, -0.2) is 54.5 Å². The fourth-order valence-corrected chi connectivity index (χ4v) is 4.19. The van der Waals surface area contributed by atoms with Gasteiger partial charge in [-0.15, -0.1) is 0 Å². The van der Waals surface area contributed by atoms with Crippen LogP contribution in [0.1, 0.15) is 31.8 Å². The lowest BCUT2D eigenvalue weighted by Gasteiger charge is -2.35. The van der Waals surface area contributed by atoms with E-state index < -0.39 is 0 Å². The number of ketones is 1. The Morgan fingerprint density at radius 1 is 0.750 bits per heavy atom. The lowest BCUT2D eigenvalue weighted by atomic mass is 9.97. The number of benzene rings is 3. The summed E-state index contributed by atoms with van der Waals surface area (Å²) < 4.78 is 10.8. The highest BCUT2D eigenvalue weighted by molar-refractivity contribution is 6.15. The summed E-state index contributed by atoms with van der Waals surface area (Å²) in [5.41, 5.74) is 2.66. The monoisotopic (exact) mass is 428 g/mol. The Hall–Kier alpha value is -3.64. The van der Waals surface area contributed by atoms with Crippen molar-refractivity contribution in [3.63, 3.8) is 0 Å². The zero-order valence-electron chi connectivity index (χ0n) is 17.7. The van der Waals surface area contributed by atoms with Gasteiger partial charge in [0.2, 0.25) is 6.79 Å². The molecule has 3 aromatic rings. The normalized spacial score (nSPS) is 15.6. The molecule has 6 heteroatoms. The molecule has 5 rings (SSSR count). The van der Waals surface area contributed by atoms with Crippen LogP contribution in [0, 0.1) is 0 Å². The average Bonchev–Trinajstić information content (AvgIpc) is 3.32. The van der Waals surface area contributed by atoms with Gasteiger partial charge in [0.25, 0.3) is 5.91 Å². The van der Waals surface area contributed by atoms with E-state index in [1.165, 1.54) is 0 Å². The van der Waals surface area contributed by atoms with Gasteiger partial charge >= 0.3 is 0 Å². The largest absolute Gasteiger partial charge is 0.454 e. The molecule has 1 amide bonds. The van der Waals surface area contributed by atoms with Gasteiger partial charge in [-0.1, -0.05) is 54.6 Å². The highest BCUT2D eigenvalue weighted by atomic mass is 16.7. The molecule has 32 heavy (non-hydrogen) atoms. The fourth-order valence-electron chi connectivity index (χ4n) is 4.19. The van der Waals surface area contributed by atoms with Crippen LogP contribution in [-0.2, 0) is 6.54 Å². The van der Waals surface area contributed by atoms with Crippen LogP contribution in [0.4, 0.5) is 0 Å². The molecule has 2 heterocycles. The van der Waals surface area contributed by atoms with E-state index in [-0.39, 0.29) is 18.5 Å². The van der Waals surface area contributed by atoms with Crippen molar-refractivity contribution < 1.29 is 19.1 Å². The molecule has 0 bridgehead atoms. The van der Waals surface area contributed by atoms with Gasteiger partial charge in [0, 0.05) is 43.9 Å². The number of fused-ring (bicyclic) bond motifs is 1. The third-order valence-corrected chi connectivity index (χ3v) is 5.94. The van der Waals surface area contributed by atoms with Crippen molar-refractivity contribution in [2.45, 2.75) is 6.54 Å². The zero-order valence-corrected chi connectivity index (χ0v) is 17.7. The summed E-state index contributed by atoms with van der Waals surface area (Å²) in [6.07, 6.45) is 0. The molecule has 3 aromatic carbocycles.